The number of benzene rings is 1. The molecule has 2 heterocycles. The number of carbonyl (C=O) groups is 1. The molecule has 0 aliphatic carbocycles. The first kappa shape index (κ1) is 17.9. The second-order valence-electron chi connectivity index (χ2n) is 6.53. The molecule has 2 aromatic heterocycles. The lowest BCUT2D eigenvalue weighted by atomic mass is 10.0. The second kappa shape index (κ2) is 7.99. The van der Waals surface area contributed by atoms with Gasteiger partial charge in [0, 0.05) is 24.6 Å². The van der Waals surface area contributed by atoms with Gasteiger partial charge >= 0.3 is 0 Å². The van der Waals surface area contributed by atoms with Crippen molar-refractivity contribution in [2.45, 2.75) is 46.3 Å². The third kappa shape index (κ3) is 4.20. The summed E-state index contributed by atoms with van der Waals surface area (Å²) in [4.78, 5) is 21.1. The van der Waals surface area contributed by atoms with Gasteiger partial charge in [-0.3, -0.25) is 4.79 Å². The zero-order chi connectivity index (χ0) is 18.5. The number of hydrogen-bond acceptors (Lipinski definition) is 3. The Hall–Kier alpha value is -2.89. The zero-order valence-corrected chi connectivity index (χ0v) is 15.5. The molecule has 26 heavy (non-hydrogen) atoms. The summed E-state index contributed by atoms with van der Waals surface area (Å²) in [5.41, 5.74) is 3.08. The maximum absolute atomic E-state index is 12.6. The molecule has 1 aromatic carbocycles. The van der Waals surface area contributed by atoms with Gasteiger partial charge in [0.05, 0.1) is 18.1 Å². The van der Waals surface area contributed by atoms with Gasteiger partial charge in [0.2, 0.25) is 5.91 Å². The number of amides is 1. The summed E-state index contributed by atoms with van der Waals surface area (Å²) in [7, 11) is 0. The van der Waals surface area contributed by atoms with Crippen molar-refractivity contribution in [1.82, 2.24) is 24.4 Å². The lowest BCUT2D eigenvalue weighted by molar-refractivity contribution is -0.122. The van der Waals surface area contributed by atoms with E-state index in [1.54, 1.807) is 12.5 Å². The number of aromatic nitrogens is 4. The Bertz CT molecular complexity index is 865. The molecule has 0 saturated heterocycles. The third-order valence-corrected chi connectivity index (χ3v) is 4.78. The Labute approximate surface area is 153 Å². The quantitative estimate of drug-likeness (QED) is 0.712. The minimum atomic E-state index is -0.0459. The van der Waals surface area contributed by atoms with Gasteiger partial charge in [0.1, 0.15) is 12.4 Å². The van der Waals surface area contributed by atoms with E-state index in [0.717, 1.165) is 35.7 Å². The van der Waals surface area contributed by atoms with Gasteiger partial charge in [-0.1, -0.05) is 30.3 Å². The summed E-state index contributed by atoms with van der Waals surface area (Å²) in [6, 6.07) is 10.0. The van der Waals surface area contributed by atoms with Gasteiger partial charge in [0.15, 0.2) is 0 Å². The van der Waals surface area contributed by atoms with Crippen LogP contribution in [0.1, 0.15) is 35.2 Å². The van der Waals surface area contributed by atoms with Crippen LogP contribution in [0.3, 0.4) is 0 Å². The Morgan fingerprint density at radius 1 is 1.12 bits per heavy atom. The minimum Gasteiger partial charge on any atom is -0.348 e. The standard InChI is InChI=1S/C20H25N5O/c1-15-16(2)25(14-22-15)13-20(26)23-19(18-7-5-4-6-8-18)9-11-24-12-10-21-17(24)3/h4-8,10,12,14,19H,9,11,13H2,1-3H3,(H,23,26)/t19-/m1/s1. The fraction of sp³-hybridized carbons (Fsp3) is 0.350. The van der Waals surface area contributed by atoms with Crippen LogP contribution in [0.5, 0.6) is 0 Å². The molecular weight excluding hydrogens is 326 g/mol. The summed E-state index contributed by atoms with van der Waals surface area (Å²) in [5.74, 6) is 0.967. The highest BCUT2D eigenvalue weighted by molar-refractivity contribution is 5.76. The Morgan fingerprint density at radius 2 is 1.88 bits per heavy atom. The maximum Gasteiger partial charge on any atom is 0.240 e. The first-order valence-electron chi connectivity index (χ1n) is 8.85. The second-order valence-corrected chi connectivity index (χ2v) is 6.53. The molecule has 6 heteroatoms. The molecular formula is C20H25N5O. The topological polar surface area (TPSA) is 64.7 Å². The Morgan fingerprint density at radius 3 is 2.50 bits per heavy atom. The lowest BCUT2D eigenvalue weighted by Crippen LogP contribution is -2.32. The lowest BCUT2D eigenvalue weighted by Gasteiger charge is -2.20. The summed E-state index contributed by atoms with van der Waals surface area (Å²) < 4.78 is 3.98. The van der Waals surface area contributed by atoms with E-state index in [9.17, 15) is 4.79 Å². The molecule has 0 aliphatic heterocycles. The first-order valence-corrected chi connectivity index (χ1v) is 8.85. The first-order chi connectivity index (χ1) is 12.5. The fourth-order valence-corrected chi connectivity index (χ4v) is 3.01. The fourth-order valence-electron chi connectivity index (χ4n) is 3.01. The molecule has 0 saturated carbocycles. The zero-order valence-electron chi connectivity index (χ0n) is 15.5. The molecule has 6 nitrogen and oxygen atoms in total. The van der Waals surface area contributed by atoms with E-state index in [-0.39, 0.29) is 18.5 Å². The molecule has 1 amide bonds. The van der Waals surface area contributed by atoms with Gasteiger partial charge in [-0.15, -0.1) is 0 Å². The molecule has 3 rings (SSSR count). The number of carbonyl (C=O) groups excluding carboxylic acids is 1. The number of hydrogen-bond donors (Lipinski definition) is 1. The average Bonchev–Trinajstić information content (AvgIpc) is 3.19. The van der Waals surface area contributed by atoms with Crippen LogP contribution < -0.4 is 5.32 Å². The molecule has 0 bridgehead atoms. The van der Waals surface area contributed by atoms with E-state index < -0.39 is 0 Å². The van der Waals surface area contributed by atoms with Crippen molar-refractivity contribution >= 4 is 5.91 Å². The molecule has 136 valence electrons. The molecule has 0 fully saturated rings. The van der Waals surface area contributed by atoms with Gasteiger partial charge in [-0.25, -0.2) is 9.97 Å². The van der Waals surface area contributed by atoms with Crippen molar-refractivity contribution in [1.29, 1.82) is 0 Å². The van der Waals surface area contributed by atoms with Crippen molar-refractivity contribution in [3.63, 3.8) is 0 Å². The van der Waals surface area contributed by atoms with Crippen molar-refractivity contribution in [2.24, 2.45) is 0 Å². The molecule has 1 atom stereocenters. The van der Waals surface area contributed by atoms with Crippen LogP contribution in [0.15, 0.2) is 49.1 Å². The Kier molecular flexibility index (Phi) is 5.51. The predicted molar refractivity (Wildman–Crippen MR) is 101 cm³/mol. The predicted octanol–water partition coefficient (Wildman–Crippen LogP) is 2.95. The summed E-state index contributed by atoms with van der Waals surface area (Å²) in [6.45, 7) is 6.99. The number of nitrogens with one attached hydrogen (secondary N) is 1. The van der Waals surface area contributed by atoms with E-state index in [1.807, 2.05) is 49.7 Å². The van der Waals surface area contributed by atoms with Crippen LogP contribution in [-0.4, -0.2) is 25.0 Å². The molecule has 0 unspecified atom stereocenters. The number of nitrogens with zero attached hydrogens (tertiary/aromatic N) is 4. The van der Waals surface area contributed by atoms with Crippen LogP contribution in [0, 0.1) is 20.8 Å². The number of rotatable bonds is 7. The summed E-state index contributed by atoms with van der Waals surface area (Å²) in [6.07, 6.45) is 6.29. The number of imidazole rings is 2. The van der Waals surface area contributed by atoms with Crippen LogP contribution in [-0.2, 0) is 17.9 Å². The monoisotopic (exact) mass is 351 g/mol. The van der Waals surface area contributed by atoms with Gasteiger partial charge in [-0.2, -0.15) is 0 Å². The molecule has 1 N–H and O–H groups in total. The summed E-state index contributed by atoms with van der Waals surface area (Å²) in [5, 5.41) is 3.18. The third-order valence-electron chi connectivity index (χ3n) is 4.78. The van der Waals surface area contributed by atoms with Crippen molar-refractivity contribution < 1.29 is 4.79 Å². The van der Waals surface area contributed by atoms with Gasteiger partial charge in [0.25, 0.3) is 0 Å². The van der Waals surface area contributed by atoms with E-state index in [2.05, 4.69) is 32.0 Å². The van der Waals surface area contributed by atoms with Gasteiger partial charge < -0.3 is 14.5 Å². The maximum atomic E-state index is 12.6. The smallest absolute Gasteiger partial charge is 0.240 e. The molecule has 0 aliphatic rings. The molecule has 0 radical (unpaired) electrons. The van der Waals surface area contributed by atoms with E-state index in [1.165, 1.54) is 0 Å². The normalized spacial score (nSPS) is 12.1. The van der Waals surface area contributed by atoms with E-state index in [4.69, 9.17) is 0 Å². The highest BCUT2D eigenvalue weighted by Gasteiger charge is 2.16. The van der Waals surface area contributed by atoms with Crippen molar-refractivity contribution in [3.05, 3.63) is 71.8 Å². The van der Waals surface area contributed by atoms with E-state index in [0.29, 0.717) is 0 Å². The minimum absolute atomic E-state index is 0.0123. The van der Waals surface area contributed by atoms with Gasteiger partial charge in [-0.05, 0) is 32.8 Å². The van der Waals surface area contributed by atoms with E-state index >= 15 is 0 Å². The van der Waals surface area contributed by atoms with Crippen molar-refractivity contribution in [3.8, 4) is 0 Å². The number of aryl methyl sites for hydroxylation is 3. The summed E-state index contributed by atoms with van der Waals surface area (Å²) >= 11 is 0. The molecule has 0 spiro atoms. The SMILES string of the molecule is Cc1ncn(CC(=O)N[C@H](CCn2ccnc2C)c2ccccc2)c1C. The van der Waals surface area contributed by atoms with Crippen LogP contribution in [0.2, 0.25) is 0 Å². The van der Waals surface area contributed by atoms with Crippen molar-refractivity contribution in [2.75, 3.05) is 0 Å². The molecule has 3 aromatic rings. The van der Waals surface area contributed by atoms with Crippen LogP contribution in [0.4, 0.5) is 0 Å². The van der Waals surface area contributed by atoms with Crippen LogP contribution >= 0.6 is 0 Å². The highest BCUT2D eigenvalue weighted by atomic mass is 16.2. The highest BCUT2D eigenvalue weighted by Crippen LogP contribution is 2.18. The van der Waals surface area contributed by atoms with Crippen LogP contribution in [0.25, 0.3) is 0 Å². The Balaban J connectivity index is 1.70. The largest absolute Gasteiger partial charge is 0.348 e. The average molecular weight is 351 g/mol.